The van der Waals surface area contributed by atoms with E-state index in [1.54, 1.807) is 17.8 Å². The maximum absolute atomic E-state index is 5.68. The van der Waals surface area contributed by atoms with E-state index < -0.39 is 0 Å². The first-order valence-electron chi connectivity index (χ1n) is 6.07. The molecule has 5 heteroatoms. The fraction of sp³-hybridized carbons (Fsp3) is 0.286. The van der Waals surface area contributed by atoms with E-state index in [-0.39, 0.29) is 0 Å². The van der Waals surface area contributed by atoms with Gasteiger partial charge in [0.1, 0.15) is 11.6 Å². The Labute approximate surface area is 117 Å². The van der Waals surface area contributed by atoms with Crippen molar-refractivity contribution in [2.45, 2.75) is 19.0 Å². The van der Waals surface area contributed by atoms with Gasteiger partial charge in [-0.25, -0.2) is 9.97 Å². The molecule has 4 nitrogen and oxygen atoms in total. The molecule has 100 valence electrons. The van der Waals surface area contributed by atoms with Crippen LogP contribution in [0.3, 0.4) is 0 Å². The molecule has 0 spiro atoms. The highest BCUT2D eigenvalue weighted by Gasteiger charge is 2.01. The number of anilines is 1. The predicted molar refractivity (Wildman–Crippen MR) is 78.6 cm³/mol. The maximum atomic E-state index is 5.68. The van der Waals surface area contributed by atoms with E-state index in [1.807, 2.05) is 38.1 Å². The smallest absolute Gasteiger partial charge is 0.189 e. The summed E-state index contributed by atoms with van der Waals surface area (Å²) in [5.41, 5.74) is 7.75. The SMILES string of the molecule is Cc1cccc(OCCSc2nc(C)cc(N)n2)c1. The Balaban J connectivity index is 1.80. The molecule has 2 N–H and O–H groups in total. The van der Waals surface area contributed by atoms with Crippen LogP contribution in [0.5, 0.6) is 5.75 Å². The highest BCUT2D eigenvalue weighted by molar-refractivity contribution is 7.99. The molecule has 1 heterocycles. The molecular formula is C14H17N3OS. The number of benzene rings is 1. The van der Waals surface area contributed by atoms with Crippen LogP contribution in [0, 0.1) is 13.8 Å². The second-order valence-electron chi connectivity index (χ2n) is 4.23. The number of aromatic nitrogens is 2. The first-order valence-corrected chi connectivity index (χ1v) is 7.05. The third-order valence-electron chi connectivity index (χ3n) is 2.43. The van der Waals surface area contributed by atoms with Crippen molar-refractivity contribution in [2.24, 2.45) is 0 Å². The van der Waals surface area contributed by atoms with Gasteiger partial charge in [-0.2, -0.15) is 0 Å². The van der Waals surface area contributed by atoms with Crippen molar-refractivity contribution in [1.29, 1.82) is 0 Å². The van der Waals surface area contributed by atoms with Gasteiger partial charge in [0.25, 0.3) is 0 Å². The van der Waals surface area contributed by atoms with Crippen molar-refractivity contribution in [1.82, 2.24) is 9.97 Å². The lowest BCUT2D eigenvalue weighted by Crippen LogP contribution is -2.02. The molecular weight excluding hydrogens is 258 g/mol. The zero-order valence-corrected chi connectivity index (χ0v) is 11.9. The van der Waals surface area contributed by atoms with Crippen molar-refractivity contribution in [2.75, 3.05) is 18.1 Å². The number of aryl methyl sites for hydroxylation is 2. The first-order chi connectivity index (χ1) is 9.13. The summed E-state index contributed by atoms with van der Waals surface area (Å²) in [6, 6.07) is 9.77. The van der Waals surface area contributed by atoms with Crippen LogP contribution >= 0.6 is 11.8 Å². The summed E-state index contributed by atoms with van der Waals surface area (Å²) in [4.78, 5) is 8.48. The Bertz CT molecular complexity index is 540. The topological polar surface area (TPSA) is 61.0 Å². The molecule has 0 saturated heterocycles. The van der Waals surface area contributed by atoms with E-state index in [2.05, 4.69) is 9.97 Å². The molecule has 0 saturated carbocycles. The van der Waals surface area contributed by atoms with E-state index in [4.69, 9.17) is 10.5 Å². The monoisotopic (exact) mass is 275 g/mol. The summed E-state index contributed by atoms with van der Waals surface area (Å²) in [5, 5.41) is 0.699. The Morgan fingerprint density at radius 1 is 1.21 bits per heavy atom. The third kappa shape index (κ3) is 4.44. The van der Waals surface area contributed by atoms with Crippen LogP contribution in [0.2, 0.25) is 0 Å². The van der Waals surface area contributed by atoms with Crippen LogP contribution in [0.25, 0.3) is 0 Å². The average molecular weight is 275 g/mol. The fourth-order valence-corrected chi connectivity index (χ4v) is 2.35. The number of nitrogen functional groups attached to an aromatic ring is 1. The van der Waals surface area contributed by atoms with Gasteiger partial charge >= 0.3 is 0 Å². The van der Waals surface area contributed by atoms with Gasteiger partial charge in [-0.1, -0.05) is 23.9 Å². The summed E-state index contributed by atoms with van der Waals surface area (Å²) >= 11 is 1.54. The minimum atomic E-state index is 0.509. The lowest BCUT2D eigenvalue weighted by Gasteiger charge is -2.06. The van der Waals surface area contributed by atoms with Gasteiger partial charge in [0, 0.05) is 17.5 Å². The minimum Gasteiger partial charge on any atom is -0.493 e. The van der Waals surface area contributed by atoms with Gasteiger partial charge < -0.3 is 10.5 Å². The zero-order valence-electron chi connectivity index (χ0n) is 11.1. The Morgan fingerprint density at radius 2 is 2.05 bits per heavy atom. The summed E-state index contributed by atoms with van der Waals surface area (Å²) in [7, 11) is 0. The summed E-state index contributed by atoms with van der Waals surface area (Å²) < 4.78 is 5.66. The molecule has 1 aromatic carbocycles. The Hall–Kier alpha value is -1.75. The van der Waals surface area contributed by atoms with Crippen LogP contribution in [-0.4, -0.2) is 22.3 Å². The van der Waals surface area contributed by atoms with Crippen molar-refractivity contribution in [3.8, 4) is 5.75 Å². The quantitative estimate of drug-likeness (QED) is 0.516. The molecule has 0 amide bonds. The van der Waals surface area contributed by atoms with Crippen molar-refractivity contribution in [3.63, 3.8) is 0 Å². The van der Waals surface area contributed by atoms with Gasteiger partial charge in [0.05, 0.1) is 6.61 Å². The van der Waals surface area contributed by atoms with Crippen LogP contribution in [0.4, 0.5) is 5.82 Å². The number of ether oxygens (including phenoxy) is 1. The molecule has 0 bridgehead atoms. The molecule has 0 aliphatic heterocycles. The molecule has 0 aliphatic carbocycles. The second-order valence-corrected chi connectivity index (χ2v) is 5.29. The minimum absolute atomic E-state index is 0.509. The van der Waals surface area contributed by atoms with Gasteiger partial charge in [-0.15, -0.1) is 0 Å². The van der Waals surface area contributed by atoms with Crippen LogP contribution < -0.4 is 10.5 Å². The van der Waals surface area contributed by atoms with Crippen molar-refractivity contribution >= 4 is 17.6 Å². The molecule has 0 unspecified atom stereocenters. The Kier molecular flexibility index (Phi) is 4.63. The number of nitrogens with zero attached hydrogens (tertiary/aromatic N) is 2. The lowest BCUT2D eigenvalue weighted by atomic mass is 10.2. The third-order valence-corrected chi connectivity index (χ3v) is 3.24. The largest absolute Gasteiger partial charge is 0.493 e. The number of nitrogens with two attached hydrogens (primary N) is 1. The average Bonchev–Trinajstić information content (AvgIpc) is 2.34. The Morgan fingerprint density at radius 3 is 2.79 bits per heavy atom. The van der Waals surface area contributed by atoms with Gasteiger partial charge in [0.2, 0.25) is 0 Å². The second kappa shape index (κ2) is 6.43. The van der Waals surface area contributed by atoms with E-state index in [0.29, 0.717) is 17.6 Å². The maximum Gasteiger partial charge on any atom is 0.189 e. The highest BCUT2D eigenvalue weighted by atomic mass is 32.2. The molecule has 0 aliphatic rings. The standard InChI is InChI=1S/C14H17N3OS/c1-10-4-3-5-12(8-10)18-6-7-19-14-16-11(2)9-13(15)17-14/h3-5,8-9H,6-7H2,1-2H3,(H2,15,16,17). The number of thioether (sulfide) groups is 1. The van der Waals surface area contributed by atoms with E-state index in [0.717, 1.165) is 17.2 Å². The number of rotatable bonds is 5. The summed E-state index contributed by atoms with van der Waals surface area (Å²) in [6.07, 6.45) is 0. The van der Waals surface area contributed by atoms with E-state index in [1.165, 1.54) is 5.56 Å². The molecule has 0 atom stereocenters. The molecule has 0 radical (unpaired) electrons. The molecule has 0 fully saturated rings. The molecule has 19 heavy (non-hydrogen) atoms. The summed E-state index contributed by atoms with van der Waals surface area (Å²) in [6.45, 7) is 4.57. The summed E-state index contributed by atoms with van der Waals surface area (Å²) in [5.74, 6) is 2.19. The first kappa shape index (κ1) is 13.7. The van der Waals surface area contributed by atoms with E-state index in [9.17, 15) is 0 Å². The highest BCUT2D eigenvalue weighted by Crippen LogP contribution is 2.16. The van der Waals surface area contributed by atoms with Crippen molar-refractivity contribution < 1.29 is 4.74 Å². The van der Waals surface area contributed by atoms with Crippen LogP contribution in [0.1, 0.15) is 11.3 Å². The van der Waals surface area contributed by atoms with Gasteiger partial charge in [-0.3, -0.25) is 0 Å². The van der Waals surface area contributed by atoms with E-state index >= 15 is 0 Å². The molecule has 1 aromatic heterocycles. The predicted octanol–water partition coefficient (Wildman–Crippen LogP) is 2.85. The molecule has 2 rings (SSSR count). The normalized spacial score (nSPS) is 10.4. The lowest BCUT2D eigenvalue weighted by molar-refractivity contribution is 0.343. The fourth-order valence-electron chi connectivity index (χ4n) is 1.63. The van der Waals surface area contributed by atoms with Crippen LogP contribution in [-0.2, 0) is 0 Å². The zero-order chi connectivity index (χ0) is 13.7. The van der Waals surface area contributed by atoms with Crippen LogP contribution in [0.15, 0.2) is 35.5 Å². The van der Waals surface area contributed by atoms with Gasteiger partial charge in [-0.05, 0) is 31.5 Å². The number of hydrogen-bond donors (Lipinski definition) is 1. The van der Waals surface area contributed by atoms with Crippen molar-refractivity contribution in [3.05, 3.63) is 41.6 Å². The van der Waals surface area contributed by atoms with Gasteiger partial charge in [0.15, 0.2) is 5.16 Å². The molecule has 2 aromatic rings. The number of hydrogen-bond acceptors (Lipinski definition) is 5.